The van der Waals surface area contributed by atoms with E-state index in [4.69, 9.17) is 10.7 Å². The number of hydrogen-bond acceptors (Lipinski definition) is 4. The topological polar surface area (TPSA) is 63.8 Å². The van der Waals surface area contributed by atoms with Crippen LogP contribution in [0.5, 0.6) is 0 Å². The molecule has 3 rings (SSSR count). The van der Waals surface area contributed by atoms with Crippen molar-refractivity contribution in [3.63, 3.8) is 0 Å². The highest BCUT2D eigenvalue weighted by Gasteiger charge is 2.22. The number of nitrogens with two attached hydrogens (primary N) is 1. The minimum Gasteiger partial charge on any atom is -0.381 e. The van der Waals surface area contributed by atoms with Gasteiger partial charge in [-0.05, 0) is 12.8 Å². The van der Waals surface area contributed by atoms with E-state index in [-0.39, 0.29) is 0 Å². The zero-order valence-electron chi connectivity index (χ0n) is 12.3. The Hall–Kier alpha value is -1.94. The third kappa shape index (κ3) is 3.22. The second-order valence-corrected chi connectivity index (χ2v) is 5.56. The maximum atomic E-state index is 5.60. The van der Waals surface area contributed by atoms with E-state index < -0.39 is 0 Å². The van der Waals surface area contributed by atoms with E-state index in [1.165, 1.54) is 25.7 Å². The summed E-state index contributed by atoms with van der Waals surface area (Å²) in [7, 11) is 0. The molecule has 4 heteroatoms. The van der Waals surface area contributed by atoms with E-state index in [0.717, 1.165) is 29.3 Å². The minimum atomic E-state index is 0.552. The van der Waals surface area contributed by atoms with Crippen molar-refractivity contribution >= 4 is 5.69 Å². The highest BCUT2D eigenvalue weighted by Crippen LogP contribution is 2.37. The van der Waals surface area contributed by atoms with Gasteiger partial charge in [-0.1, -0.05) is 43.2 Å². The first-order chi connectivity index (χ1) is 10.4. The lowest BCUT2D eigenvalue weighted by atomic mass is 10.0. The number of benzene rings is 1. The van der Waals surface area contributed by atoms with E-state index in [1.54, 1.807) is 0 Å². The standard InChI is InChI=1S/C17H22N4/c18-10-11-19-15-12-20-17(14-8-2-1-3-9-14)21-16(15)13-6-4-5-7-13/h1-3,8-9,12-13,19H,4-7,10-11,18H2. The first kappa shape index (κ1) is 14.0. The second-order valence-electron chi connectivity index (χ2n) is 5.56. The Kier molecular flexibility index (Phi) is 4.46. The highest BCUT2D eigenvalue weighted by molar-refractivity contribution is 5.58. The molecule has 0 radical (unpaired) electrons. The number of anilines is 1. The smallest absolute Gasteiger partial charge is 0.159 e. The van der Waals surface area contributed by atoms with E-state index in [1.807, 2.05) is 24.4 Å². The Balaban J connectivity index is 1.95. The fourth-order valence-electron chi connectivity index (χ4n) is 2.97. The molecule has 110 valence electrons. The lowest BCUT2D eigenvalue weighted by Crippen LogP contribution is -2.16. The molecule has 1 fully saturated rings. The van der Waals surface area contributed by atoms with Crippen LogP contribution in [0.15, 0.2) is 36.5 Å². The predicted molar refractivity (Wildman–Crippen MR) is 86.2 cm³/mol. The Morgan fingerprint density at radius 2 is 1.90 bits per heavy atom. The van der Waals surface area contributed by atoms with Crippen LogP contribution in [0.3, 0.4) is 0 Å². The van der Waals surface area contributed by atoms with Crippen molar-refractivity contribution in [2.45, 2.75) is 31.6 Å². The molecular formula is C17H22N4. The Morgan fingerprint density at radius 3 is 2.62 bits per heavy atom. The number of aromatic nitrogens is 2. The summed E-state index contributed by atoms with van der Waals surface area (Å²) < 4.78 is 0. The molecule has 0 saturated heterocycles. The first-order valence-electron chi connectivity index (χ1n) is 7.75. The van der Waals surface area contributed by atoms with Crippen molar-refractivity contribution in [2.75, 3.05) is 18.4 Å². The molecule has 0 atom stereocenters. The lowest BCUT2D eigenvalue weighted by molar-refractivity contribution is 0.696. The van der Waals surface area contributed by atoms with Crippen molar-refractivity contribution in [1.29, 1.82) is 0 Å². The molecule has 1 aliphatic carbocycles. The van der Waals surface area contributed by atoms with Gasteiger partial charge < -0.3 is 11.1 Å². The van der Waals surface area contributed by atoms with Gasteiger partial charge in [0.05, 0.1) is 17.6 Å². The van der Waals surface area contributed by atoms with Crippen LogP contribution in [0.1, 0.15) is 37.3 Å². The first-order valence-corrected chi connectivity index (χ1v) is 7.75. The van der Waals surface area contributed by atoms with Gasteiger partial charge >= 0.3 is 0 Å². The van der Waals surface area contributed by atoms with Crippen molar-refractivity contribution in [1.82, 2.24) is 9.97 Å². The zero-order valence-corrected chi connectivity index (χ0v) is 12.3. The van der Waals surface area contributed by atoms with Crippen LogP contribution in [0.2, 0.25) is 0 Å². The molecule has 1 heterocycles. The molecule has 0 unspecified atom stereocenters. The molecule has 1 aliphatic rings. The lowest BCUT2D eigenvalue weighted by Gasteiger charge is -2.16. The summed E-state index contributed by atoms with van der Waals surface area (Å²) in [6.07, 6.45) is 6.96. The van der Waals surface area contributed by atoms with Gasteiger partial charge in [0.15, 0.2) is 5.82 Å². The second kappa shape index (κ2) is 6.68. The van der Waals surface area contributed by atoms with Gasteiger partial charge in [0, 0.05) is 24.6 Å². The van der Waals surface area contributed by atoms with Crippen LogP contribution in [0.25, 0.3) is 11.4 Å². The van der Waals surface area contributed by atoms with Crippen molar-refractivity contribution in [3.05, 3.63) is 42.2 Å². The molecule has 1 aromatic carbocycles. The van der Waals surface area contributed by atoms with Gasteiger partial charge in [0.25, 0.3) is 0 Å². The van der Waals surface area contributed by atoms with Gasteiger partial charge in [-0.25, -0.2) is 9.97 Å². The Labute approximate surface area is 125 Å². The van der Waals surface area contributed by atoms with E-state index in [9.17, 15) is 0 Å². The SMILES string of the molecule is NCCNc1cnc(-c2ccccc2)nc1C1CCCC1. The predicted octanol–water partition coefficient (Wildman–Crippen LogP) is 3.17. The molecule has 21 heavy (non-hydrogen) atoms. The maximum Gasteiger partial charge on any atom is 0.159 e. The van der Waals surface area contributed by atoms with E-state index >= 15 is 0 Å². The molecule has 3 N–H and O–H groups in total. The van der Waals surface area contributed by atoms with Crippen molar-refractivity contribution in [3.8, 4) is 11.4 Å². The molecule has 0 aliphatic heterocycles. The van der Waals surface area contributed by atoms with Crippen LogP contribution < -0.4 is 11.1 Å². The molecule has 0 bridgehead atoms. The summed E-state index contributed by atoms with van der Waals surface area (Å²) in [6.45, 7) is 1.37. The number of nitrogens with one attached hydrogen (secondary N) is 1. The summed E-state index contributed by atoms with van der Waals surface area (Å²) in [5, 5.41) is 3.37. The van der Waals surface area contributed by atoms with Gasteiger partial charge in [0.2, 0.25) is 0 Å². The van der Waals surface area contributed by atoms with Crippen LogP contribution in [-0.2, 0) is 0 Å². The summed E-state index contributed by atoms with van der Waals surface area (Å²) in [5.41, 5.74) is 8.88. The van der Waals surface area contributed by atoms with Crippen LogP contribution in [0, 0.1) is 0 Å². The minimum absolute atomic E-state index is 0.552. The molecule has 0 amide bonds. The largest absolute Gasteiger partial charge is 0.381 e. The molecule has 2 aromatic rings. The fraction of sp³-hybridized carbons (Fsp3) is 0.412. The fourth-order valence-corrected chi connectivity index (χ4v) is 2.97. The Bertz CT molecular complexity index is 577. The van der Waals surface area contributed by atoms with Crippen LogP contribution in [-0.4, -0.2) is 23.1 Å². The van der Waals surface area contributed by atoms with Crippen molar-refractivity contribution < 1.29 is 0 Å². The normalized spacial score (nSPS) is 15.3. The summed E-state index contributed by atoms with van der Waals surface area (Å²) >= 11 is 0. The molecular weight excluding hydrogens is 260 g/mol. The zero-order chi connectivity index (χ0) is 14.5. The summed E-state index contributed by atoms with van der Waals surface area (Å²) in [5.74, 6) is 1.37. The molecule has 4 nitrogen and oxygen atoms in total. The van der Waals surface area contributed by atoms with Gasteiger partial charge in [-0.3, -0.25) is 0 Å². The summed E-state index contributed by atoms with van der Waals surface area (Å²) in [4.78, 5) is 9.38. The van der Waals surface area contributed by atoms with Crippen molar-refractivity contribution in [2.24, 2.45) is 5.73 Å². The monoisotopic (exact) mass is 282 g/mol. The van der Waals surface area contributed by atoms with Gasteiger partial charge in [-0.15, -0.1) is 0 Å². The third-order valence-corrected chi connectivity index (χ3v) is 4.05. The molecule has 1 aromatic heterocycles. The molecule has 0 spiro atoms. The average molecular weight is 282 g/mol. The number of rotatable bonds is 5. The molecule has 1 saturated carbocycles. The Morgan fingerprint density at radius 1 is 1.14 bits per heavy atom. The average Bonchev–Trinajstić information content (AvgIpc) is 3.08. The number of hydrogen-bond donors (Lipinski definition) is 2. The van der Waals surface area contributed by atoms with Gasteiger partial charge in [-0.2, -0.15) is 0 Å². The van der Waals surface area contributed by atoms with E-state index in [2.05, 4.69) is 22.4 Å². The summed E-state index contributed by atoms with van der Waals surface area (Å²) in [6, 6.07) is 10.2. The van der Waals surface area contributed by atoms with Gasteiger partial charge in [0.1, 0.15) is 0 Å². The van der Waals surface area contributed by atoms with Crippen LogP contribution in [0.4, 0.5) is 5.69 Å². The highest BCUT2D eigenvalue weighted by atomic mass is 15.0. The maximum absolute atomic E-state index is 5.60. The quantitative estimate of drug-likeness (QED) is 0.884. The van der Waals surface area contributed by atoms with Crippen LogP contribution >= 0.6 is 0 Å². The van der Waals surface area contributed by atoms with E-state index in [0.29, 0.717) is 12.5 Å². The third-order valence-electron chi connectivity index (χ3n) is 4.05. The number of nitrogens with zero attached hydrogens (tertiary/aromatic N) is 2.